The molecule has 28 heavy (non-hydrogen) atoms. The van der Waals surface area contributed by atoms with Crippen LogP contribution < -0.4 is 5.32 Å². The lowest BCUT2D eigenvalue weighted by atomic mass is 9.98. The zero-order chi connectivity index (χ0) is 19.5. The highest BCUT2D eigenvalue weighted by atomic mass is 16.5. The molecular formula is C25H21NO2. The summed E-state index contributed by atoms with van der Waals surface area (Å²) in [5.74, 6) is 2.65. The summed E-state index contributed by atoms with van der Waals surface area (Å²) in [4.78, 5) is 12.4. The molecule has 1 aliphatic rings. The first-order valence-electron chi connectivity index (χ1n) is 9.35. The molecule has 3 nitrogen and oxygen atoms in total. The molecule has 0 fully saturated rings. The van der Waals surface area contributed by atoms with Crippen molar-refractivity contribution in [2.24, 2.45) is 0 Å². The molecule has 0 aliphatic heterocycles. The van der Waals surface area contributed by atoms with Crippen LogP contribution in [-0.2, 0) is 4.74 Å². The molecule has 138 valence electrons. The van der Waals surface area contributed by atoms with E-state index < -0.39 is 6.09 Å². The molecule has 0 unspecified atom stereocenters. The highest BCUT2D eigenvalue weighted by molar-refractivity contribution is 5.79. The van der Waals surface area contributed by atoms with Crippen molar-refractivity contribution in [3.8, 4) is 23.5 Å². The normalized spacial score (nSPS) is 13.1. The number of amides is 1. The maximum atomic E-state index is 12.4. The van der Waals surface area contributed by atoms with E-state index >= 15 is 0 Å². The van der Waals surface area contributed by atoms with Crippen LogP contribution in [-0.4, -0.2) is 12.7 Å². The average Bonchev–Trinajstić information content (AvgIpc) is 3.06. The summed E-state index contributed by atoms with van der Waals surface area (Å²) in [5, 5.41) is 2.89. The Labute approximate surface area is 165 Å². The number of nitrogens with one attached hydrogen (secondary N) is 1. The fraction of sp³-hybridized carbons (Fsp3) is 0.160. The fourth-order valence-electron chi connectivity index (χ4n) is 3.77. The van der Waals surface area contributed by atoms with Crippen LogP contribution in [0.5, 0.6) is 0 Å². The van der Waals surface area contributed by atoms with E-state index in [9.17, 15) is 4.79 Å². The summed E-state index contributed by atoms with van der Waals surface area (Å²) < 4.78 is 5.59. The van der Waals surface area contributed by atoms with Crippen molar-refractivity contribution >= 4 is 6.09 Å². The number of ether oxygens (including phenoxy) is 1. The third-order valence-corrected chi connectivity index (χ3v) is 5.26. The third-order valence-electron chi connectivity index (χ3n) is 5.26. The van der Waals surface area contributed by atoms with Gasteiger partial charge in [0.1, 0.15) is 6.61 Å². The summed E-state index contributed by atoms with van der Waals surface area (Å²) in [6.45, 7) is 2.23. The van der Waals surface area contributed by atoms with E-state index in [0.29, 0.717) is 6.61 Å². The van der Waals surface area contributed by atoms with E-state index in [2.05, 4.69) is 35.5 Å². The van der Waals surface area contributed by atoms with E-state index in [-0.39, 0.29) is 12.0 Å². The maximum Gasteiger partial charge on any atom is 0.407 e. The molecule has 1 aliphatic carbocycles. The minimum atomic E-state index is -0.421. The van der Waals surface area contributed by atoms with Gasteiger partial charge in [-0.1, -0.05) is 66.6 Å². The Balaban J connectivity index is 1.43. The second-order valence-corrected chi connectivity index (χ2v) is 6.96. The van der Waals surface area contributed by atoms with Gasteiger partial charge in [0.2, 0.25) is 0 Å². The van der Waals surface area contributed by atoms with E-state index in [1.165, 1.54) is 22.3 Å². The number of hydrogen-bond acceptors (Lipinski definition) is 2. The van der Waals surface area contributed by atoms with Crippen LogP contribution in [0.15, 0.2) is 72.8 Å². The molecule has 0 spiro atoms. The number of rotatable bonds is 4. The molecule has 4 rings (SSSR count). The average molecular weight is 367 g/mol. The number of benzene rings is 3. The Morgan fingerprint density at radius 2 is 1.57 bits per heavy atom. The molecular weight excluding hydrogens is 346 g/mol. The Bertz CT molecular complexity index is 1000. The van der Waals surface area contributed by atoms with Crippen molar-refractivity contribution < 1.29 is 9.53 Å². The van der Waals surface area contributed by atoms with Gasteiger partial charge in [-0.3, -0.25) is 0 Å². The smallest absolute Gasteiger partial charge is 0.407 e. The molecule has 3 aromatic carbocycles. The minimum Gasteiger partial charge on any atom is -0.449 e. The Kier molecular flexibility index (Phi) is 4.87. The van der Waals surface area contributed by atoms with Gasteiger partial charge in [-0.25, -0.2) is 4.79 Å². The van der Waals surface area contributed by atoms with E-state index in [4.69, 9.17) is 11.2 Å². The molecule has 3 aromatic rings. The SMILES string of the molecule is C#Cc1ccc([C@@H](C)NC(=O)OCC2c3ccccc3-c3ccccc32)cc1. The number of fused-ring (bicyclic) bond motifs is 3. The molecule has 1 amide bonds. The van der Waals surface area contributed by atoms with Gasteiger partial charge in [0.15, 0.2) is 0 Å². The number of carbonyl (C=O) groups excluding carboxylic acids is 1. The highest BCUT2D eigenvalue weighted by Gasteiger charge is 2.29. The van der Waals surface area contributed by atoms with E-state index in [1.54, 1.807) is 0 Å². The summed E-state index contributed by atoms with van der Waals surface area (Å²) in [7, 11) is 0. The van der Waals surface area contributed by atoms with Crippen LogP contribution in [0.1, 0.15) is 41.1 Å². The number of carbonyl (C=O) groups is 1. The topological polar surface area (TPSA) is 38.3 Å². The van der Waals surface area contributed by atoms with Crippen molar-refractivity contribution in [2.45, 2.75) is 18.9 Å². The van der Waals surface area contributed by atoms with Crippen LogP contribution in [0.4, 0.5) is 4.79 Å². The molecule has 1 N–H and O–H groups in total. The third kappa shape index (κ3) is 3.37. The van der Waals surface area contributed by atoms with Gasteiger partial charge >= 0.3 is 6.09 Å². The van der Waals surface area contributed by atoms with Gasteiger partial charge in [0, 0.05) is 11.5 Å². The van der Waals surface area contributed by atoms with Gasteiger partial charge in [-0.15, -0.1) is 6.42 Å². The van der Waals surface area contributed by atoms with Gasteiger partial charge in [0.05, 0.1) is 6.04 Å². The lowest BCUT2D eigenvalue weighted by Crippen LogP contribution is -2.28. The zero-order valence-electron chi connectivity index (χ0n) is 15.7. The molecule has 0 heterocycles. The van der Waals surface area contributed by atoms with Crippen molar-refractivity contribution in [1.29, 1.82) is 0 Å². The van der Waals surface area contributed by atoms with Gasteiger partial charge < -0.3 is 10.1 Å². The zero-order valence-corrected chi connectivity index (χ0v) is 15.7. The molecule has 3 heteroatoms. The largest absolute Gasteiger partial charge is 0.449 e. The number of hydrogen-bond donors (Lipinski definition) is 1. The maximum absolute atomic E-state index is 12.4. The van der Waals surface area contributed by atoms with Crippen molar-refractivity contribution in [3.63, 3.8) is 0 Å². The minimum absolute atomic E-state index is 0.0587. The number of alkyl carbamates (subject to hydrolysis) is 1. The van der Waals surface area contributed by atoms with Gasteiger partial charge in [0.25, 0.3) is 0 Å². The second kappa shape index (κ2) is 7.62. The van der Waals surface area contributed by atoms with Crippen LogP contribution in [0, 0.1) is 12.3 Å². The lowest BCUT2D eigenvalue weighted by molar-refractivity contribution is 0.140. The summed E-state index contributed by atoms with van der Waals surface area (Å²) >= 11 is 0. The molecule has 0 bridgehead atoms. The van der Waals surface area contributed by atoms with Gasteiger partial charge in [-0.2, -0.15) is 0 Å². The first-order chi connectivity index (χ1) is 13.7. The van der Waals surface area contributed by atoms with E-state index in [1.807, 2.05) is 55.5 Å². The van der Waals surface area contributed by atoms with Crippen molar-refractivity contribution in [3.05, 3.63) is 95.1 Å². The van der Waals surface area contributed by atoms with Crippen LogP contribution in [0.3, 0.4) is 0 Å². The standard InChI is InChI=1S/C25H21NO2/c1-3-18-12-14-19(15-13-18)17(2)26-25(27)28-16-24-22-10-6-4-8-20(22)21-9-5-7-11-23(21)24/h1,4-15,17,24H,16H2,2H3,(H,26,27)/t17-/m1/s1. The predicted octanol–water partition coefficient (Wildman–Crippen LogP) is 5.27. The first kappa shape index (κ1) is 17.9. The van der Waals surface area contributed by atoms with Crippen molar-refractivity contribution in [2.75, 3.05) is 6.61 Å². The molecule has 0 aromatic heterocycles. The van der Waals surface area contributed by atoms with Crippen LogP contribution in [0.2, 0.25) is 0 Å². The predicted molar refractivity (Wildman–Crippen MR) is 111 cm³/mol. The first-order valence-corrected chi connectivity index (χ1v) is 9.35. The molecule has 1 atom stereocenters. The van der Waals surface area contributed by atoms with E-state index in [0.717, 1.165) is 11.1 Å². The lowest BCUT2D eigenvalue weighted by Gasteiger charge is -2.17. The molecule has 0 radical (unpaired) electrons. The van der Waals surface area contributed by atoms with Gasteiger partial charge in [-0.05, 0) is 46.9 Å². The fourth-order valence-corrected chi connectivity index (χ4v) is 3.77. The summed E-state index contributed by atoms with van der Waals surface area (Å²) in [6, 6.07) is 24.0. The monoisotopic (exact) mass is 367 g/mol. The molecule has 0 saturated carbocycles. The van der Waals surface area contributed by atoms with Crippen LogP contribution >= 0.6 is 0 Å². The second-order valence-electron chi connectivity index (χ2n) is 6.96. The highest BCUT2D eigenvalue weighted by Crippen LogP contribution is 2.44. The van der Waals surface area contributed by atoms with Crippen LogP contribution in [0.25, 0.3) is 11.1 Å². The Morgan fingerprint density at radius 3 is 2.14 bits per heavy atom. The molecule has 0 saturated heterocycles. The number of terminal acetylenes is 1. The Morgan fingerprint density at radius 1 is 1.00 bits per heavy atom. The van der Waals surface area contributed by atoms with Crippen molar-refractivity contribution in [1.82, 2.24) is 5.32 Å². The summed E-state index contributed by atoms with van der Waals surface area (Å²) in [6.07, 6.45) is 4.96. The summed E-state index contributed by atoms with van der Waals surface area (Å²) in [5.41, 5.74) is 6.64. The Hall–Kier alpha value is -3.51. The quantitative estimate of drug-likeness (QED) is 0.638.